The molecule has 0 saturated heterocycles. The van der Waals surface area contributed by atoms with Crippen molar-refractivity contribution in [1.82, 2.24) is 20.5 Å². The molecule has 4 aromatic rings. The Morgan fingerprint density at radius 2 is 1.89 bits per heavy atom. The molecule has 4 rings (SSSR count). The Morgan fingerprint density at radius 1 is 1.14 bits per heavy atom. The van der Waals surface area contributed by atoms with Crippen molar-refractivity contribution in [2.45, 2.75) is 17.2 Å². The molecule has 0 spiro atoms. The van der Waals surface area contributed by atoms with Crippen LogP contribution in [0.4, 0.5) is 5.13 Å². The van der Waals surface area contributed by atoms with Crippen LogP contribution in [0.1, 0.15) is 23.2 Å². The van der Waals surface area contributed by atoms with E-state index in [1.807, 2.05) is 12.1 Å². The first-order valence-electron chi connectivity index (χ1n) is 10.9. The lowest BCUT2D eigenvalue weighted by atomic mass is 10.0. The molecule has 0 aliphatic rings. The third kappa shape index (κ3) is 6.77. The van der Waals surface area contributed by atoms with Gasteiger partial charge in [0.15, 0.2) is 4.34 Å². The fourth-order valence-electron chi connectivity index (χ4n) is 3.44. The highest BCUT2D eigenvalue weighted by Gasteiger charge is 2.14. The molecular weight excluding hydrogens is 540 g/mol. The highest BCUT2D eigenvalue weighted by Crippen LogP contribution is 2.34. The fraction of sp³-hybridized carbons (Fsp3) is 0.174. The van der Waals surface area contributed by atoms with Crippen LogP contribution in [0.25, 0.3) is 22.0 Å². The number of H-pyrrole nitrogens is 1. The van der Waals surface area contributed by atoms with Crippen molar-refractivity contribution >= 4 is 68.7 Å². The molecule has 192 valence electrons. The molecule has 6 N–H and O–H groups in total. The Labute approximate surface area is 223 Å². The molecule has 14 heteroatoms. The summed E-state index contributed by atoms with van der Waals surface area (Å²) in [4.78, 5) is 38.3. The van der Waals surface area contributed by atoms with Crippen molar-refractivity contribution in [1.29, 1.82) is 0 Å². The van der Waals surface area contributed by atoms with Gasteiger partial charge in [0.05, 0.1) is 17.1 Å². The molecule has 0 fully saturated rings. The summed E-state index contributed by atoms with van der Waals surface area (Å²) >= 11 is 8.51. The van der Waals surface area contributed by atoms with Gasteiger partial charge in [-0.3, -0.25) is 14.7 Å². The number of halogens is 1. The summed E-state index contributed by atoms with van der Waals surface area (Å²) in [5.41, 5.74) is 2.32. The minimum atomic E-state index is -1.02. The second-order valence-electron chi connectivity index (χ2n) is 7.65. The summed E-state index contributed by atoms with van der Waals surface area (Å²) in [6.07, 6.45) is 1.47. The number of hydrogen-bond donors (Lipinski definition) is 5. The lowest BCUT2D eigenvalue weighted by Crippen LogP contribution is -2.28. The van der Waals surface area contributed by atoms with E-state index >= 15 is 0 Å². The van der Waals surface area contributed by atoms with Crippen LogP contribution in [0.3, 0.4) is 0 Å². The minimum Gasteiger partial charge on any atom is -0.492 e. The standard InChI is InChI=1S/C23H21ClN6O5S2/c24-17-10-18-15(16(11-27-18)21(33)34)9-14(17)12-1-3-13(4-2-12)35-8-7-26-19(31)5-6-20(32)28-22-29-30-23(36-22)37-25/h1-4,9-11,27H,5-8,25H2,(H,26,31)(H,33,34)(H,28,29,32). The molecule has 0 unspecified atom stereocenters. The van der Waals surface area contributed by atoms with Crippen molar-refractivity contribution in [3.05, 3.63) is 53.2 Å². The summed E-state index contributed by atoms with van der Waals surface area (Å²) < 4.78 is 6.19. The lowest BCUT2D eigenvalue weighted by molar-refractivity contribution is -0.124. The van der Waals surface area contributed by atoms with E-state index in [0.717, 1.165) is 28.8 Å². The zero-order valence-corrected chi connectivity index (χ0v) is 21.5. The van der Waals surface area contributed by atoms with E-state index in [1.165, 1.54) is 6.20 Å². The van der Waals surface area contributed by atoms with Crippen LogP contribution >= 0.6 is 34.9 Å². The second-order valence-corrected chi connectivity index (χ2v) is 9.91. The number of ether oxygens (including phenoxy) is 1. The summed E-state index contributed by atoms with van der Waals surface area (Å²) in [6.45, 7) is 0.503. The zero-order valence-electron chi connectivity index (χ0n) is 19.1. The van der Waals surface area contributed by atoms with Gasteiger partial charge in [0, 0.05) is 35.5 Å². The largest absolute Gasteiger partial charge is 0.492 e. The molecule has 2 amide bonds. The monoisotopic (exact) mass is 560 g/mol. The number of nitrogens with one attached hydrogen (secondary N) is 3. The number of carbonyl (C=O) groups excluding carboxylic acids is 2. The quantitative estimate of drug-likeness (QED) is 0.103. The van der Waals surface area contributed by atoms with Crippen LogP contribution in [0.15, 0.2) is 46.9 Å². The molecule has 0 saturated carbocycles. The number of carbonyl (C=O) groups is 3. The third-order valence-corrected chi connectivity index (χ3v) is 6.96. The second kappa shape index (κ2) is 12.1. The Kier molecular flexibility index (Phi) is 8.61. The molecule has 37 heavy (non-hydrogen) atoms. The van der Waals surface area contributed by atoms with Crippen LogP contribution in [0, 0.1) is 0 Å². The lowest BCUT2D eigenvalue weighted by Gasteiger charge is -2.10. The SMILES string of the molecule is NSc1nnc(NC(=O)CCC(=O)NCCOc2ccc(-c3cc4c(C(=O)O)c[nH]c4cc3Cl)cc2)s1. The van der Waals surface area contributed by atoms with E-state index in [2.05, 4.69) is 25.8 Å². The smallest absolute Gasteiger partial charge is 0.337 e. The number of anilines is 1. The zero-order chi connectivity index (χ0) is 26.4. The first-order valence-corrected chi connectivity index (χ1v) is 13.0. The third-order valence-electron chi connectivity index (χ3n) is 5.19. The number of aromatic carboxylic acids is 1. The summed E-state index contributed by atoms with van der Waals surface area (Å²) in [5, 5.41) is 29.0. The van der Waals surface area contributed by atoms with E-state index in [9.17, 15) is 19.5 Å². The maximum Gasteiger partial charge on any atom is 0.337 e. The molecule has 0 aliphatic heterocycles. The Balaban J connectivity index is 1.22. The number of hydrogen-bond acceptors (Lipinski definition) is 9. The van der Waals surface area contributed by atoms with Crippen LogP contribution in [-0.4, -0.2) is 51.2 Å². The van der Waals surface area contributed by atoms with E-state index in [4.69, 9.17) is 21.5 Å². The highest BCUT2D eigenvalue weighted by molar-refractivity contribution is 7.98. The number of carboxylic acid groups (broad SMARTS) is 1. The molecule has 0 aliphatic carbocycles. The van der Waals surface area contributed by atoms with Gasteiger partial charge in [-0.25, -0.2) is 4.79 Å². The van der Waals surface area contributed by atoms with E-state index in [1.54, 1.807) is 24.3 Å². The summed E-state index contributed by atoms with van der Waals surface area (Å²) in [6, 6.07) is 10.6. The van der Waals surface area contributed by atoms with Gasteiger partial charge >= 0.3 is 5.97 Å². The molecular formula is C23H21ClN6O5S2. The van der Waals surface area contributed by atoms with Crippen molar-refractivity contribution in [3.8, 4) is 16.9 Å². The van der Waals surface area contributed by atoms with Gasteiger partial charge in [0.25, 0.3) is 0 Å². The van der Waals surface area contributed by atoms with Crippen molar-refractivity contribution in [3.63, 3.8) is 0 Å². The topological polar surface area (TPSA) is 172 Å². The number of benzene rings is 2. The normalized spacial score (nSPS) is 10.9. The Morgan fingerprint density at radius 3 is 2.59 bits per heavy atom. The van der Waals surface area contributed by atoms with E-state index in [-0.39, 0.29) is 43.4 Å². The molecule has 2 aromatic heterocycles. The average molecular weight is 561 g/mol. The van der Waals surface area contributed by atoms with Crippen molar-refractivity contribution in [2.24, 2.45) is 5.14 Å². The van der Waals surface area contributed by atoms with Crippen LogP contribution in [0.5, 0.6) is 5.75 Å². The van der Waals surface area contributed by atoms with E-state index in [0.29, 0.717) is 36.7 Å². The van der Waals surface area contributed by atoms with Gasteiger partial charge < -0.3 is 25.5 Å². The number of fused-ring (bicyclic) bond motifs is 1. The van der Waals surface area contributed by atoms with Gasteiger partial charge in [-0.1, -0.05) is 35.1 Å². The molecule has 11 nitrogen and oxygen atoms in total. The minimum absolute atomic E-state index is 0.00387. The maximum atomic E-state index is 12.0. The van der Waals surface area contributed by atoms with E-state index < -0.39 is 5.97 Å². The fourth-order valence-corrected chi connectivity index (χ4v) is 4.72. The van der Waals surface area contributed by atoms with Crippen molar-refractivity contribution in [2.75, 3.05) is 18.5 Å². The molecule has 0 radical (unpaired) electrons. The number of nitrogens with two attached hydrogens (primary N) is 1. The van der Waals surface area contributed by atoms with Crippen LogP contribution in [0.2, 0.25) is 5.02 Å². The van der Waals surface area contributed by atoms with Gasteiger partial charge in [-0.05, 0) is 41.8 Å². The van der Waals surface area contributed by atoms with Gasteiger partial charge in [0.2, 0.25) is 16.9 Å². The van der Waals surface area contributed by atoms with Gasteiger partial charge in [-0.15, -0.1) is 10.2 Å². The number of amides is 2. The summed E-state index contributed by atoms with van der Waals surface area (Å²) in [5.74, 6) is -1.05. The maximum absolute atomic E-state index is 12.0. The molecule has 0 atom stereocenters. The molecule has 2 aromatic carbocycles. The number of nitrogens with zero attached hydrogens (tertiary/aromatic N) is 2. The first kappa shape index (κ1) is 26.4. The first-order chi connectivity index (χ1) is 17.8. The highest BCUT2D eigenvalue weighted by atomic mass is 35.5. The number of rotatable bonds is 11. The van der Waals surface area contributed by atoms with Crippen LogP contribution < -0.4 is 20.5 Å². The summed E-state index contributed by atoms with van der Waals surface area (Å²) in [7, 11) is 0. The number of aromatic nitrogens is 3. The number of aromatic amines is 1. The van der Waals surface area contributed by atoms with Crippen molar-refractivity contribution < 1.29 is 24.2 Å². The molecule has 0 bridgehead atoms. The van der Waals surface area contributed by atoms with Gasteiger partial charge in [0.1, 0.15) is 12.4 Å². The predicted octanol–water partition coefficient (Wildman–Crippen LogP) is 3.92. The van der Waals surface area contributed by atoms with Crippen LogP contribution in [-0.2, 0) is 9.59 Å². The average Bonchev–Trinajstić information content (AvgIpc) is 3.51. The Hall–Kier alpha value is -3.65. The Bertz CT molecular complexity index is 1440. The predicted molar refractivity (Wildman–Crippen MR) is 142 cm³/mol. The van der Waals surface area contributed by atoms with Gasteiger partial charge in [-0.2, -0.15) is 0 Å². The molecule has 2 heterocycles. The number of carboxylic acids is 1.